The van der Waals surface area contributed by atoms with E-state index in [9.17, 15) is 24.8 Å². The van der Waals surface area contributed by atoms with Crippen molar-refractivity contribution < 1.29 is 19.6 Å². The van der Waals surface area contributed by atoms with E-state index in [1.807, 2.05) is 30.3 Å². The fraction of sp³-hybridized carbons (Fsp3) is 0.174. The summed E-state index contributed by atoms with van der Waals surface area (Å²) in [6.45, 7) is 3.58. The zero-order chi connectivity index (χ0) is 23.0. The zero-order valence-corrected chi connectivity index (χ0v) is 18.1. The van der Waals surface area contributed by atoms with Gasteiger partial charge in [-0.3, -0.25) is 19.7 Å². The lowest BCUT2D eigenvalue weighted by atomic mass is 9.94. The van der Waals surface area contributed by atoms with Crippen LogP contribution in [0.3, 0.4) is 0 Å². The molecule has 0 bridgehead atoms. The number of aryl methyl sites for hydroxylation is 2. The monoisotopic (exact) mass is 449 g/mol. The minimum absolute atomic E-state index is 0.0989. The van der Waals surface area contributed by atoms with Gasteiger partial charge in [0.2, 0.25) is 5.78 Å². The lowest BCUT2D eigenvalue weighted by molar-refractivity contribution is -0.384. The minimum atomic E-state index is -0.975. The van der Waals surface area contributed by atoms with Crippen LogP contribution in [0.2, 0.25) is 0 Å². The van der Waals surface area contributed by atoms with Crippen molar-refractivity contribution >= 4 is 28.7 Å². The van der Waals surface area contributed by atoms with Crippen molar-refractivity contribution in [2.75, 3.05) is 0 Å². The third-order valence-electron chi connectivity index (χ3n) is 5.25. The Kier molecular flexibility index (Phi) is 5.58. The van der Waals surface area contributed by atoms with E-state index in [-0.39, 0.29) is 17.8 Å². The van der Waals surface area contributed by atoms with Crippen molar-refractivity contribution in [1.82, 2.24) is 9.88 Å². The van der Waals surface area contributed by atoms with Crippen LogP contribution in [0, 0.1) is 24.0 Å². The average molecular weight is 449 g/mol. The van der Waals surface area contributed by atoms with Crippen LogP contribution in [-0.4, -0.2) is 31.6 Å². The first-order valence-corrected chi connectivity index (χ1v) is 10.6. The van der Waals surface area contributed by atoms with Crippen molar-refractivity contribution in [3.8, 4) is 0 Å². The summed E-state index contributed by atoms with van der Waals surface area (Å²) < 4.78 is 0. The van der Waals surface area contributed by atoms with E-state index >= 15 is 0 Å². The van der Waals surface area contributed by atoms with Gasteiger partial charge in [0.05, 0.1) is 32.1 Å². The van der Waals surface area contributed by atoms with Crippen LogP contribution in [0.15, 0.2) is 65.9 Å². The highest BCUT2D eigenvalue weighted by Crippen LogP contribution is 2.41. The summed E-state index contributed by atoms with van der Waals surface area (Å²) >= 11 is 1.18. The first kappa shape index (κ1) is 21.4. The summed E-state index contributed by atoms with van der Waals surface area (Å²) in [5, 5.41) is 22.8. The van der Waals surface area contributed by atoms with E-state index in [1.54, 1.807) is 19.9 Å². The Morgan fingerprint density at radius 1 is 1.19 bits per heavy atom. The second-order valence-corrected chi connectivity index (χ2v) is 8.62. The Labute approximate surface area is 187 Å². The van der Waals surface area contributed by atoms with E-state index in [1.165, 1.54) is 34.4 Å². The average Bonchev–Trinajstić information content (AvgIpc) is 3.24. The lowest BCUT2D eigenvalue weighted by Gasteiger charge is -2.26. The van der Waals surface area contributed by atoms with E-state index in [4.69, 9.17) is 0 Å². The maximum atomic E-state index is 13.5. The van der Waals surface area contributed by atoms with Gasteiger partial charge in [-0.1, -0.05) is 42.5 Å². The molecule has 1 N–H and O–H groups in total. The third kappa shape index (κ3) is 3.78. The molecule has 1 aliphatic heterocycles. The summed E-state index contributed by atoms with van der Waals surface area (Å²) in [6.07, 6.45) is 0. The molecule has 1 amide bonds. The molecule has 2 aromatic carbocycles. The smallest absolute Gasteiger partial charge is 0.290 e. The van der Waals surface area contributed by atoms with Gasteiger partial charge in [0, 0.05) is 18.7 Å². The normalized spacial score (nSPS) is 16.0. The minimum Gasteiger partial charge on any atom is -0.503 e. The highest BCUT2D eigenvalue weighted by atomic mass is 32.1. The number of ketones is 1. The highest BCUT2D eigenvalue weighted by Gasteiger charge is 2.44. The lowest BCUT2D eigenvalue weighted by Crippen LogP contribution is -2.30. The van der Waals surface area contributed by atoms with Gasteiger partial charge < -0.3 is 10.0 Å². The van der Waals surface area contributed by atoms with Crippen LogP contribution >= 0.6 is 11.3 Å². The molecule has 3 aromatic rings. The number of nitro benzene ring substituents is 1. The Hall–Kier alpha value is -3.85. The molecule has 1 atom stereocenters. The number of Topliss-reactive ketones (excluding diaryl/α,β-unsaturated/α-hetero) is 1. The number of benzene rings is 2. The molecule has 0 spiro atoms. The van der Waals surface area contributed by atoms with Crippen LogP contribution in [0.1, 0.15) is 37.5 Å². The molecule has 1 aliphatic rings. The van der Waals surface area contributed by atoms with Crippen molar-refractivity contribution in [3.63, 3.8) is 0 Å². The number of nitro groups is 1. The number of nitrogens with zero attached hydrogens (tertiary/aromatic N) is 3. The molecule has 8 nitrogen and oxygen atoms in total. The van der Waals surface area contributed by atoms with Crippen LogP contribution in [0.4, 0.5) is 5.69 Å². The number of hydrogen-bond donors (Lipinski definition) is 1. The summed E-state index contributed by atoms with van der Waals surface area (Å²) in [7, 11) is 0. The number of aliphatic hydroxyl groups excluding tert-OH is 1. The summed E-state index contributed by atoms with van der Waals surface area (Å²) in [6, 6.07) is 13.9. The Morgan fingerprint density at radius 2 is 1.91 bits per heavy atom. The number of aliphatic hydroxyl groups is 1. The maximum Gasteiger partial charge on any atom is 0.290 e. The predicted molar refractivity (Wildman–Crippen MR) is 118 cm³/mol. The van der Waals surface area contributed by atoms with Crippen LogP contribution < -0.4 is 0 Å². The fourth-order valence-corrected chi connectivity index (χ4v) is 4.72. The van der Waals surface area contributed by atoms with Crippen molar-refractivity contribution in [2.45, 2.75) is 26.4 Å². The van der Waals surface area contributed by atoms with Crippen molar-refractivity contribution in [3.05, 3.63) is 103 Å². The Bertz CT molecular complexity index is 1270. The quantitative estimate of drug-likeness (QED) is 0.338. The Morgan fingerprint density at radius 3 is 2.53 bits per heavy atom. The number of aromatic nitrogens is 1. The molecule has 0 radical (unpaired) electrons. The van der Waals surface area contributed by atoms with Gasteiger partial charge in [0.15, 0.2) is 5.76 Å². The molecule has 4 rings (SSSR count). The SMILES string of the molecule is Cc1nc(C)c(C(=O)C2=C(O)C(=O)N(Cc3ccccc3)C2c2cccc([N+](=O)[O-])c2)s1. The van der Waals surface area contributed by atoms with E-state index in [0.29, 0.717) is 21.1 Å². The number of carbonyl (C=O) groups is 2. The van der Waals surface area contributed by atoms with Gasteiger partial charge in [-0.05, 0) is 25.0 Å². The van der Waals surface area contributed by atoms with Crippen LogP contribution in [-0.2, 0) is 11.3 Å². The van der Waals surface area contributed by atoms with Gasteiger partial charge in [0.25, 0.3) is 11.6 Å². The second kappa shape index (κ2) is 8.35. The zero-order valence-electron chi connectivity index (χ0n) is 17.3. The number of amides is 1. The molecule has 9 heteroatoms. The van der Waals surface area contributed by atoms with Crippen molar-refractivity contribution in [1.29, 1.82) is 0 Å². The molecule has 0 saturated carbocycles. The number of thiazole rings is 1. The molecular formula is C23H19N3O5S. The standard InChI is InChI=1S/C23H19N3O5S/c1-13-22(32-14(2)24-13)20(27)18-19(16-9-6-10-17(11-16)26(30)31)25(23(29)21(18)28)12-15-7-4-3-5-8-15/h3-11,19,28H,12H2,1-2H3. The van der Waals surface area contributed by atoms with Gasteiger partial charge in [-0.15, -0.1) is 11.3 Å². The molecule has 0 fully saturated rings. The molecule has 1 unspecified atom stereocenters. The van der Waals surface area contributed by atoms with Gasteiger partial charge in [0.1, 0.15) is 0 Å². The third-order valence-corrected chi connectivity index (χ3v) is 6.32. The van der Waals surface area contributed by atoms with Crippen molar-refractivity contribution in [2.24, 2.45) is 0 Å². The van der Waals surface area contributed by atoms with Gasteiger partial charge >= 0.3 is 0 Å². The largest absolute Gasteiger partial charge is 0.503 e. The molecule has 0 saturated heterocycles. The number of non-ortho nitro benzene ring substituents is 1. The van der Waals surface area contributed by atoms with Gasteiger partial charge in [-0.25, -0.2) is 4.98 Å². The Balaban J connectivity index is 1.85. The molecule has 162 valence electrons. The molecule has 0 aliphatic carbocycles. The summed E-state index contributed by atoms with van der Waals surface area (Å²) in [4.78, 5) is 43.3. The molecule has 2 heterocycles. The van der Waals surface area contributed by atoms with E-state index in [2.05, 4.69) is 4.98 Å². The van der Waals surface area contributed by atoms with Crippen LogP contribution in [0.25, 0.3) is 0 Å². The first-order valence-electron chi connectivity index (χ1n) is 9.79. The topological polar surface area (TPSA) is 114 Å². The molecule has 1 aromatic heterocycles. The van der Waals surface area contributed by atoms with E-state index < -0.39 is 28.4 Å². The molecule has 32 heavy (non-hydrogen) atoms. The number of hydrogen-bond acceptors (Lipinski definition) is 7. The number of carbonyl (C=O) groups excluding carboxylic acids is 2. The molecular weight excluding hydrogens is 430 g/mol. The van der Waals surface area contributed by atoms with E-state index in [0.717, 1.165) is 5.56 Å². The summed E-state index contributed by atoms with van der Waals surface area (Å²) in [5.41, 5.74) is 1.40. The number of rotatable bonds is 6. The summed E-state index contributed by atoms with van der Waals surface area (Å²) in [5.74, 6) is -1.86. The highest BCUT2D eigenvalue weighted by molar-refractivity contribution is 7.14. The predicted octanol–water partition coefficient (Wildman–Crippen LogP) is 4.45. The fourth-order valence-electron chi connectivity index (χ4n) is 3.85. The van der Waals surface area contributed by atoms with Crippen LogP contribution in [0.5, 0.6) is 0 Å². The first-order chi connectivity index (χ1) is 15.3. The second-order valence-electron chi connectivity index (χ2n) is 7.41. The van der Waals surface area contributed by atoms with Gasteiger partial charge in [-0.2, -0.15) is 0 Å². The maximum absolute atomic E-state index is 13.5.